The van der Waals surface area contributed by atoms with Crippen LogP contribution in [0.5, 0.6) is 0 Å². The van der Waals surface area contributed by atoms with Gasteiger partial charge in [0, 0.05) is 0 Å². The van der Waals surface area contributed by atoms with Crippen LogP contribution in [0.2, 0.25) is 0 Å². The normalized spacial score (nSPS) is 12.6. The molecule has 0 spiro atoms. The first-order chi connectivity index (χ1) is 8.42. The van der Waals surface area contributed by atoms with Crippen molar-refractivity contribution in [1.29, 1.82) is 0 Å². The summed E-state index contributed by atoms with van der Waals surface area (Å²) in [4.78, 5) is 0. The molecule has 0 amide bonds. The number of sulfonamides is 1. The molecule has 96 valence electrons. The zero-order valence-corrected chi connectivity index (χ0v) is 11.0. The fraction of sp³-hybridized carbons (Fsp3) is 0.250. The second-order valence-corrected chi connectivity index (χ2v) is 6.17. The monoisotopic (exact) mass is 265 g/mol. The van der Waals surface area contributed by atoms with Crippen LogP contribution in [0.15, 0.2) is 47.6 Å². The van der Waals surface area contributed by atoms with E-state index in [1.165, 1.54) is 12.3 Å². The Morgan fingerprint density at radius 3 is 2.39 bits per heavy atom. The topological polar surface area (TPSA) is 74.8 Å². The van der Waals surface area contributed by atoms with E-state index in [0.29, 0.717) is 0 Å². The highest BCUT2D eigenvalue weighted by molar-refractivity contribution is 7.89. The third-order valence-electron chi connectivity index (χ3n) is 2.65. The first-order valence-corrected chi connectivity index (χ1v) is 6.99. The average molecular weight is 265 g/mol. The second kappa shape index (κ2) is 4.55. The van der Waals surface area contributed by atoms with Gasteiger partial charge in [-0.15, -0.1) is 0 Å². The van der Waals surface area contributed by atoms with Gasteiger partial charge in [-0.05, 0) is 25.5 Å². The lowest BCUT2D eigenvalue weighted by Crippen LogP contribution is -2.41. The molecule has 1 aromatic heterocycles. The molecule has 0 bridgehead atoms. The minimum absolute atomic E-state index is 0.0616. The molecule has 0 aliphatic carbocycles. The lowest BCUT2D eigenvalue weighted by molar-refractivity contribution is 0.470. The van der Waals surface area contributed by atoms with Gasteiger partial charge in [-0.25, -0.2) is 8.42 Å². The van der Waals surface area contributed by atoms with Crippen molar-refractivity contribution in [2.24, 2.45) is 0 Å². The standard InChI is InChI=1S/C12H15N3O2S/c1-12(2,10-6-4-3-5-7-10)15-18(16,17)11-8-9-13-14-11/h3-9,15H,1-2H3,(H,13,14). The van der Waals surface area contributed by atoms with E-state index in [-0.39, 0.29) is 5.03 Å². The van der Waals surface area contributed by atoms with E-state index >= 15 is 0 Å². The Balaban J connectivity index is 2.29. The lowest BCUT2D eigenvalue weighted by Gasteiger charge is -2.26. The molecular formula is C12H15N3O2S. The van der Waals surface area contributed by atoms with Gasteiger partial charge in [0.15, 0.2) is 5.03 Å². The van der Waals surface area contributed by atoms with Crippen LogP contribution in [-0.4, -0.2) is 18.6 Å². The molecule has 0 radical (unpaired) electrons. The Morgan fingerprint density at radius 1 is 1.17 bits per heavy atom. The molecule has 0 fully saturated rings. The van der Waals surface area contributed by atoms with Crippen molar-refractivity contribution < 1.29 is 8.42 Å². The summed E-state index contributed by atoms with van der Waals surface area (Å²) >= 11 is 0. The predicted octanol–water partition coefficient (Wildman–Crippen LogP) is 1.62. The van der Waals surface area contributed by atoms with Gasteiger partial charge in [0.2, 0.25) is 0 Å². The Kier molecular flexibility index (Phi) is 3.23. The number of hydrogen-bond acceptors (Lipinski definition) is 3. The smallest absolute Gasteiger partial charge is 0.258 e. The molecule has 0 saturated heterocycles. The Bertz CT molecular complexity index is 604. The van der Waals surface area contributed by atoms with Crippen LogP contribution in [0.3, 0.4) is 0 Å². The Morgan fingerprint density at radius 2 is 1.83 bits per heavy atom. The van der Waals surface area contributed by atoms with E-state index in [0.717, 1.165) is 5.56 Å². The predicted molar refractivity (Wildman–Crippen MR) is 68.4 cm³/mol. The molecule has 1 heterocycles. The van der Waals surface area contributed by atoms with E-state index in [9.17, 15) is 8.42 Å². The largest absolute Gasteiger partial charge is 0.266 e. The molecule has 0 saturated carbocycles. The van der Waals surface area contributed by atoms with Crippen molar-refractivity contribution in [1.82, 2.24) is 14.9 Å². The number of nitrogens with zero attached hydrogens (tertiary/aromatic N) is 1. The van der Waals surface area contributed by atoms with Gasteiger partial charge in [-0.2, -0.15) is 9.82 Å². The van der Waals surface area contributed by atoms with E-state index in [4.69, 9.17) is 0 Å². The van der Waals surface area contributed by atoms with Crippen molar-refractivity contribution in [3.05, 3.63) is 48.2 Å². The first-order valence-electron chi connectivity index (χ1n) is 5.51. The van der Waals surface area contributed by atoms with Crippen LogP contribution in [0.25, 0.3) is 0 Å². The molecule has 1 aromatic carbocycles. The maximum absolute atomic E-state index is 12.1. The van der Waals surface area contributed by atoms with Gasteiger partial charge in [-0.1, -0.05) is 30.3 Å². The SMILES string of the molecule is CC(C)(NS(=O)(=O)c1ccn[nH]1)c1ccccc1. The highest BCUT2D eigenvalue weighted by Crippen LogP contribution is 2.22. The van der Waals surface area contributed by atoms with Crippen LogP contribution in [-0.2, 0) is 15.6 Å². The van der Waals surface area contributed by atoms with E-state index in [1.807, 2.05) is 44.2 Å². The maximum atomic E-state index is 12.1. The Labute approximate surface area is 106 Å². The summed E-state index contributed by atoms with van der Waals surface area (Å²) in [6.07, 6.45) is 1.41. The van der Waals surface area contributed by atoms with Crippen molar-refractivity contribution in [2.45, 2.75) is 24.4 Å². The summed E-state index contributed by atoms with van der Waals surface area (Å²) < 4.78 is 26.9. The number of hydrogen-bond donors (Lipinski definition) is 2. The number of aromatic amines is 1. The van der Waals surface area contributed by atoms with Gasteiger partial charge in [-0.3, -0.25) is 5.10 Å². The minimum Gasteiger partial charge on any atom is -0.266 e. The quantitative estimate of drug-likeness (QED) is 0.882. The van der Waals surface area contributed by atoms with Gasteiger partial charge < -0.3 is 0 Å². The number of rotatable bonds is 4. The highest BCUT2D eigenvalue weighted by Gasteiger charge is 2.28. The molecule has 0 aliphatic rings. The molecule has 2 aromatic rings. The molecular weight excluding hydrogens is 250 g/mol. The van der Waals surface area contributed by atoms with Gasteiger partial charge in [0.25, 0.3) is 10.0 Å². The summed E-state index contributed by atoms with van der Waals surface area (Å²) in [6, 6.07) is 10.8. The van der Waals surface area contributed by atoms with Crippen LogP contribution < -0.4 is 4.72 Å². The first kappa shape index (κ1) is 12.8. The van der Waals surface area contributed by atoms with Crippen molar-refractivity contribution in [3.63, 3.8) is 0 Å². The number of aromatic nitrogens is 2. The van der Waals surface area contributed by atoms with Crippen molar-refractivity contribution in [2.75, 3.05) is 0 Å². The molecule has 6 heteroatoms. The summed E-state index contributed by atoms with van der Waals surface area (Å²) in [6.45, 7) is 3.63. The molecule has 2 N–H and O–H groups in total. The van der Waals surface area contributed by atoms with Crippen LogP contribution in [0.1, 0.15) is 19.4 Å². The zero-order valence-electron chi connectivity index (χ0n) is 10.2. The molecule has 0 atom stereocenters. The maximum Gasteiger partial charge on any atom is 0.258 e. The molecule has 5 nitrogen and oxygen atoms in total. The van der Waals surface area contributed by atoms with Crippen molar-refractivity contribution in [3.8, 4) is 0 Å². The third-order valence-corrected chi connectivity index (χ3v) is 4.24. The number of benzene rings is 1. The number of nitrogens with one attached hydrogen (secondary N) is 2. The van der Waals surface area contributed by atoms with Crippen LogP contribution in [0, 0.1) is 0 Å². The van der Waals surface area contributed by atoms with Crippen LogP contribution >= 0.6 is 0 Å². The fourth-order valence-corrected chi connectivity index (χ4v) is 3.01. The Hall–Kier alpha value is -1.66. The van der Waals surface area contributed by atoms with E-state index < -0.39 is 15.6 Å². The summed E-state index contributed by atoms with van der Waals surface area (Å²) in [5, 5.41) is 6.16. The van der Waals surface area contributed by atoms with E-state index in [2.05, 4.69) is 14.9 Å². The van der Waals surface area contributed by atoms with Crippen LogP contribution in [0.4, 0.5) is 0 Å². The molecule has 0 aliphatic heterocycles. The highest BCUT2D eigenvalue weighted by atomic mass is 32.2. The molecule has 0 unspecified atom stereocenters. The number of H-pyrrole nitrogens is 1. The fourth-order valence-electron chi connectivity index (χ4n) is 1.70. The lowest BCUT2D eigenvalue weighted by atomic mass is 9.96. The molecule has 2 rings (SSSR count). The molecule has 18 heavy (non-hydrogen) atoms. The second-order valence-electron chi connectivity index (χ2n) is 4.52. The average Bonchev–Trinajstić information content (AvgIpc) is 2.83. The summed E-state index contributed by atoms with van der Waals surface area (Å²) in [5.41, 5.74) is 0.207. The van der Waals surface area contributed by atoms with Crippen molar-refractivity contribution >= 4 is 10.0 Å². The van der Waals surface area contributed by atoms with Gasteiger partial charge in [0.05, 0.1) is 11.7 Å². The van der Waals surface area contributed by atoms with Gasteiger partial charge >= 0.3 is 0 Å². The summed E-state index contributed by atoms with van der Waals surface area (Å²) in [7, 11) is -3.59. The van der Waals surface area contributed by atoms with E-state index in [1.54, 1.807) is 0 Å². The van der Waals surface area contributed by atoms with Gasteiger partial charge in [0.1, 0.15) is 0 Å². The zero-order chi connectivity index (χ0) is 13.2. The minimum atomic E-state index is -3.59. The third kappa shape index (κ3) is 2.60. The summed E-state index contributed by atoms with van der Waals surface area (Å²) in [5.74, 6) is 0.